The predicted octanol–water partition coefficient (Wildman–Crippen LogP) is 2.60. The highest BCUT2D eigenvalue weighted by Gasteiger charge is 2.26. The number of aromatic nitrogens is 1. The quantitative estimate of drug-likeness (QED) is 0.650. The second-order valence-corrected chi connectivity index (χ2v) is 8.26. The first-order chi connectivity index (χ1) is 11.9. The fourth-order valence-electron chi connectivity index (χ4n) is 3.06. The highest BCUT2D eigenvalue weighted by molar-refractivity contribution is 7.89. The third-order valence-corrected chi connectivity index (χ3v) is 6.29. The van der Waals surface area contributed by atoms with E-state index in [9.17, 15) is 13.2 Å². The number of carboxylic acid groups (broad SMARTS) is 1. The van der Waals surface area contributed by atoms with Crippen LogP contribution in [0.4, 0.5) is 5.82 Å². The fraction of sp³-hybridized carbons (Fsp3) is 0.647. The minimum Gasteiger partial charge on any atom is -0.481 e. The Kier molecular flexibility index (Phi) is 6.78. The summed E-state index contributed by atoms with van der Waals surface area (Å²) < 4.78 is 27.4. The Morgan fingerprint density at radius 3 is 2.36 bits per heavy atom. The van der Waals surface area contributed by atoms with Gasteiger partial charge in [0.2, 0.25) is 10.0 Å². The van der Waals surface area contributed by atoms with Gasteiger partial charge in [-0.3, -0.25) is 4.79 Å². The van der Waals surface area contributed by atoms with Crippen LogP contribution in [0.5, 0.6) is 0 Å². The molecule has 1 fully saturated rings. The van der Waals surface area contributed by atoms with Crippen LogP contribution in [0.25, 0.3) is 0 Å². The number of sulfonamides is 1. The molecule has 0 bridgehead atoms. The Morgan fingerprint density at radius 2 is 1.88 bits per heavy atom. The van der Waals surface area contributed by atoms with E-state index in [1.165, 1.54) is 6.20 Å². The Morgan fingerprint density at radius 1 is 1.24 bits per heavy atom. The summed E-state index contributed by atoms with van der Waals surface area (Å²) in [5.74, 6) is -0.369. The molecule has 0 radical (unpaired) electrons. The zero-order valence-electron chi connectivity index (χ0n) is 14.7. The molecular formula is C17H27N3O4S. The molecule has 7 nitrogen and oxygen atoms in total. The summed E-state index contributed by atoms with van der Waals surface area (Å²) in [6.07, 6.45) is 5.68. The van der Waals surface area contributed by atoms with Crippen LogP contribution >= 0.6 is 0 Å². The lowest BCUT2D eigenvalue weighted by molar-refractivity contribution is -0.142. The Balaban J connectivity index is 1.95. The summed E-state index contributed by atoms with van der Waals surface area (Å²) >= 11 is 0. The Hall–Kier alpha value is -1.67. The second-order valence-electron chi connectivity index (χ2n) is 6.54. The summed E-state index contributed by atoms with van der Waals surface area (Å²) in [5.41, 5.74) is 0. The third kappa shape index (κ3) is 5.40. The van der Waals surface area contributed by atoms with Crippen LogP contribution in [0.15, 0.2) is 23.2 Å². The number of hydrogen-bond acceptors (Lipinski definition) is 5. The number of anilines is 1. The van der Waals surface area contributed by atoms with E-state index in [0.29, 0.717) is 18.7 Å². The van der Waals surface area contributed by atoms with Crippen LogP contribution in [0.3, 0.4) is 0 Å². The number of hydrogen-bond donors (Lipinski definition) is 3. The monoisotopic (exact) mass is 369 g/mol. The lowest BCUT2D eigenvalue weighted by Gasteiger charge is -2.27. The minimum atomic E-state index is -3.56. The summed E-state index contributed by atoms with van der Waals surface area (Å²) in [4.78, 5) is 15.3. The molecule has 0 unspecified atom stereocenters. The van der Waals surface area contributed by atoms with E-state index in [-0.39, 0.29) is 22.9 Å². The molecule has 1 aromatic rings. The number of pyridine rings is 1. The molecule has 8 heteroatoms. The molecule has 0 aliphatic heterocycles. The van der Waals surface area contributed by atoms with Crippen molar-refractivity contribution in [1.29, 1.82) is 0 Å². The van der Waals surface area contributed by atoms with Crippen molar-refractivity contribution in [3.63, 3.8) is 0 Å². The van der Waals surface area contributed by atoms with Crippen molar-refractivity contribution in [3.05, 3.63) is 18.3 Å². The smallest absolute Gasteiger partial charge is 0.306 e. The molecule has 140 valence electrons. The van der Waals surface area contributed by atoms with Crippen LogP contribution in [0.1, 0.15) is 52.4 Å². The van der Waals surface area contributed by atoms with E-state index in [1.807, 2.05) is 13.8 Å². The number of rotatable bonds is 8. The van der Waals surface area contributed by atoms with Crippen LogP contribution in [-0.4, -0.2) is 36.6 Å². The lowest BCUT2D eigenvalue weighted by Crippen LogP contribution is -2.34. The first-order valence-corrected chi connectivity index (χ1v) is 10.3. The minimum absolute atomic E-state index is 0.0766. The molecule has 0 amide bonds. The van der Waals surface area contributed by atoms with Gasteiger partial charge in [-0.05, 0) is 50.7 Å². The van der Waals surface area contributed by atoms with E-state index >= 15 is 0 Å². The molecule has 0 aromatic carbocycles. The Labute approximate surface area is 149 Å². The van der Waals surface area contributed by atoms with E-state index < -0.39 is 16.0 Å². The van der Waals surface area contributed by atoms with Crippen LogP contribution in [-0.2, 0) is 14.8 Å². The molecule has 1 saturated carbocycles. The summed E-state index contributed by atoms with van der Waals surface area (Å²) in [6, 6.07) is 3.30. The van der Waals surface area contributed by atoms with Crippen molar-refractivity contribution in [2.75, 3.05) is 5.32 Å². The zero-order chi connectivity index (χ0) is 18.4. The van der Waals surface area contributed by atoms with Gasteiger partial charge in [0.25, 0.3) is 0 Å². The molecule has 0 saturated heterocycles. The highest BCUT2D eigenvalue weighted by Crippen LogP contribution is 2.26. The summed E-state index contributed by atoms with van der Waals surface area (Å²) in [7, 11) is -3.56. The van der Waals surface area contributed by atoms with Crippen molar-refractivity contribution in [2.45, 2.75) is 69.4 Å². The van der Waals surface area contributed by atoms with Gasteiger partial charge in [0.05, 0.1) is 5.92 Å². The van der Waals surface area contributed by atoms with Gasteiger partial charge < -0.3 is 10.4 Å². The summed E-state index contributed by atoms with van der Waals surface area (Å²) in [6.45, 7) is 3.89. The van der Waals surface area contributed by atoms with Crippen molar-refractivity contribution >= 4 is 21.8 Å². The van der Waals surface area contributed by atoms with E-state index in [1.54, 1.807) is 12.1 Å². The van der Waals surface area contributed by atoms with Gasteiger partial charge in [0.15, 0.2) is 0 Å². The van der Waals surface area contributed by atoms with Crippen molar-refractivity contribution in [1.82, 2.24) is 9.71 Å². The number of nitrogens with zero attached hydrogens (tertiary/aromatic N) is 1. The van der Waals surface area contributed by atoms with E-state index in [2.05, 4.69) is 15.0 Å². The van der Waals surface area contributed by atoms with Gasteiger partial charge in [-0.2, -0.15) is 0 Å². The molecule has 3 N–H and O–H groups in total. The maximum absolute atomic E-state index is 12.3. The molecule has 1 heterocycles. The maximum Gasteiger partial charge on any atom is 0.306 e. The standard InChI is InChI=1S/C17H27N3O4S/c1-3-13(4-2)20-25(23,24)15-9-10-16(18-11-15)19-14-7-5-12(6-8-14)17(21)22/h9-14,20H,3-8H2,1-2H3,(H,18,19)(H,21,22). The van der Waals surface area contributed by atoms with Gasteiger partial charge in [-0.1, -0.05) is 13.8 Å². The predicted molar refractivity (Wildman–Crippen MR) is 95.9 cm³/mol. The number of carbonyl (C=O) groups is 1. The van der Waals surface area contributed by atoms with Crippen LogP contribution < -0.4 is 10.0 Å². The van der Waals surface area contributed by atoms with Crippen LogP contribution in [0, 0.1) is 5.92 Å². The number of nitrogens with one attached hydrogen (secondary N) is 2. The molecule has 1 aliphatic rings. The molecule has 0 atom stereocenters. The van der Waals surface area contributed by atoms with Gasteiger partial charge in [-0.15, -0.1) is 0 Å². The third-order valence-electron chi connectivity index (χ3n) is 4.78. The normalized spacial score (nSPS) is 21.2. The largest absolute Gasteiger partial charge is 0.481 e. The first-order valence-electron chi connectivity index (χ1n) is 8.83. The molecule has 1 aromatic heterocycles. The molecule has 0 spiro atoms. The number of aliphatic carboxylic acids is 1. The topological polar surface area (TPSA) is 108 Å². The number of carboxylic acids is 1. The van der Waals surface area contributed by atoms with Gasteiger partial charge in [0.1, 0.15) is 10.7 Å². The molecule has 2 rings (SSSR count). The van der Waals surface area contributed by atoms with Gasteiger partial charge in [0, 0.05) is 18.3 Å². The van der Waals surface area contributed by atoms with Crippen molar-refractivity contribution < 1.29 is 18.3 Å². The van der Waals surface area contributed by atoms with Gasteiger partial charge in [-0.25, -0.2) is 18.1 Å². The SMILES string of the molecule is CCC(CC)NS(=O)(=O)c1ccc(NC2CCC(C(=O)O)CC2)nc1. The van der Waals surface area contributed by atoms with Crippen LogP contribution in [0.2, 0.25) is 0 Å². The van der Waals surface area contributed by atoms with Crippen molar-refractivity contribution in [2.24, 2.45) is 5.92 Å². The first kappa shape index (κ1) is 19.7. The zero-order valence-corrected chi connectivity index (χ0v) is 15.6. The fourth-order valence-corrected chi connectivity index (χ4v) is 4.41. The molecular weight excluding hydrogens is 342 g/mol. The maximum atomic E-state index is 12.3. The average Bonchev–Trinajstić information content (AvgIpc) is 2.60. The molecule has 25 heavy (non-hydrogen) atoms. The lowest BCUT2D eigenvalue weighted by atomic mass is 9.86. The summed E-state index contributed by atoms with van der Waals surface area (Å²) in [5, 5.41) is 12.3. The second kappa shape index (κ2) is 8.62. The van der Waals surface area contributed by atoms with E-state index in [4.69, 9.17) is 5.11 Å². The molecule has 1 aliphatic carbocycles. The highest BCUT2D eigenvalue weighted by atomic mass is 32.2. The average molecular weight is 369 g/mol. The van der Waals surface area contributed by atoms with Gasteiger partial charge >= 0.3 is 5.97 Å². The van der Waals surface area contributed by atoms with E-state index in [0.717, 1.165) is 25.7 Å². The Bertz CT molecular complexity index is 664. The van der Waals surface area contributed by atoms with Crippen molar-refractivity contribution in [3.8, 4) is 0 Å².